The van der Waals surface area contributed by atoms with Gasteiger partial charge in [-0.2, -0.15) is 5.10 Å². The molecule has 9 heteroatoms. The SMILES string of the molecule is O=C(O)CCC(=O)N1N=C(c2c(-c3ccc(Cl)cc3)c3ccccc3[nH]c2=O)C[C@H]1c1cccs1. The quantitative estimate of drug-likeness (QED) is 0.363. The van der Waals surface area contributed by atoms with Crippen molar-refractivity contribution in [1.29, 1.82) is 0 Å². The van der Waals surface area contributed by atoms with Gasteiger partial charge in [0.15, 0.2) is 0 Å². The molecule has 0 fully saturated rings. The largest absolute Gasteiger partial charge is 0.481 e. The lowest BCUT2D eigenvalue weighted by molar-refractivity contribution is -0.141. The number of aromatic amines is 1. The van der Waals surface area contributed by atoms with Crippen molar-refractivity contribution in [3.05, 3.63) is 91.9 Å². The Bertz CT molecular complexity index is 1510. The number of fused-ring (bicyclic) bond motifs is 1. The molecule has 1 atom stereocenters. The average molecular weight is 506 g/mol. The van der Waals surface area contributed by atoms with Gasteiger partial charge in [-0.3, -0.25) is 14.4 Å². The number of nitrogens with one attached hydrogen (secondary N) is 1. The van der Waals surface area contributed by atoms with Crippen LogP contribution in [-0.2, 0) is 9.59 Å². The first-order chi connectivity index (χ1) is 16.9. The van der Waals surface area contributed by atoms with Gasteiger partial charge < -0.3 is 10.1 Å². The lowest BCUT2D eigenvalue weighted by Gasteiger charge is -2.20. The first kappa shape index (κ1) is 23.0. The lowest BCUT2D eigenvalue weighted by Crippen LogP contribution is -2.26. The smallest absolute Gasteiger partial charge is 0.303 e. The Balaban J connectivity index is 1.68. The number of rotatable bonds is 6. The molecule has 3 heterocycles. The molecule has 0 bridgehead atoms. The van der Waals surface area contributed by atoms with Crippen LogP contribution in [0.3, 0.4) is 0 Å². The number of benzene rings is 2. The van der Waals surface area contributed by atoms with Gasteiger partial charge in [0.25, 0.3) is 5.56 Å². The van der Waals surface area contributed by atoms with E-state index in [1.54, 1.807) is 12.1 Å². The fourth-order valence-corrected chi connectivity index (χ4v) is 5.29. The third-order valence-corrected chi connectivity index (χ3v) is 7.16. The average Bonchev–Trinajstić information content (AvgIpc) is 3.52. The first-order valence-electron chi connectivity index (χ1n) is 11.0. The maximum absolute atomic E-state index is 13.4. The van der Waals surface area contributed by atoms with Crippen LogP contribution in [0.5, 0.6) is 0 Å². The number of carboxylic acids is 1. The van der Waals surface area contributed by atoms with Gasteiger partial charge in [-0.25, -0.2) is 5.01 Å². The number of para-hydroxylation sites is 1. The van der Waals surface area contributed by atoms with Gasteiger partial charge in [0.1, 0.15) is 0 Å². The van der Waals surface area contributed by atoms with Crippen LogP contribution in [-0.4, -0.2) is 32.7 Å². The van der Waals surface area contributed by atoms with Gasteiger partial charge in [-0.05, 0) is 35.2 Å². The topological polar surface area (TPSA) is 103 Å². The highest BCUT2D eigenvalue weighted by atomic mass is 35.5. The molecule has 0 saturated heterocycles. The number of aliphatic carboxylic acids is 1. The first-order valence-corrected chi connectivity index (χ1v) is 12.2. The molecule has 0 saturated carbocycles. The van der Waals surface area contributed by atoms with Crippen LogP contribution < -0.4 is 5.56 Å². The van der Waals surface area contributed by atoms with E-state index in [9.17, 15) is 14.4 Å². The summed E-state index contributed by atoms with van der Waals surface area (Å²) in [5.74, 6) is -1.45. The monoisotopic (exact) mass is 505 g/mol. The Morgan fingerprint density at radius 3 is 2.54 bits per heavy atom. The molecule has 2 aromatic carbocycles. The number of H-pyrrole nitrogens is 1. The third kappa shape index (κ3) is 4.50. The number of hydrogen-bond donors (Lipinski definition) is 2. The van der Waals surface area contributed by atoms with E-state index in [-0.39, 0.29) is 18.4 Å². The Kier molecular flexibility index (Phi) is 6.23. The van der Waals surface area contributed by atoms with Crippen LogP contribution in [0.1, 0.15) is 35.7 Å². The molecule has 4 aromatic rings. The second kappa shape index (κ2) is 9.48. The summed E-state index contributed by atoms with van der Waals surface area (Å²) < 4.78 is 0. The number of pyridine rings is 1. The minimum Gasteiger partial charge on any atom is -0.481 e. The molecule has 1 aliphatic rings. The van der Waals surface area contributed by atoms with Crippen molar-refractivity contribution in [3.63, 3.8) is 0 Å². The second-order valence-electron chi connectivity index (χ2n) is 8.17. The Morgan fingerprint density at radius 1 is 1.06 bits per heavy atom. The molecular formula is C26H20ClN3O4S. The molecule has 5 rings (SSSR count). The van der Waals surface area contributed by atoms with Crippen molar-refractivity contribution in [2.45, 2.75) is 25.3 Å². The minimum atomic E-state index is -1.05. The standard InChI is InChI=1S/C26H20ClN3O4S/c27-16-9-7-15(8-10-16)24-17-4-1-2-5-18(17)28-26(34)25(24)19-14-20(21-6-3-13-35-21)30(29-19)22(31)11-12-23(32)33/h1-10,13,20H,11-12,14H2,(H,28,34)(H,32,33)/t20-/m0/s1. The van der Waals surface area contributed by atoms with Crippen LogP contribution in [0.25, 0.3) is 22.0 Å². The zero-order valence-electron chi connectivity index (χ0n) is 18.4. The summed E-state index contributed by atoms with van der Waals surface area (Å²) in [4.78, 5) is 41.3. The van der Waals surface area contributed by atoms with E-state index < -0.39 is 17.9 Å². The van der Waals surface area contributed by atoms with Crippen LogP contribution >= 0.6 is 22.9 Å². The molecule has 2 aromatic heterocycles. The number of amides is 1. The summed E-state index contributed by atoms with van der Waals surface area (Å²) in [6, 6.07) is 18.2. The summed E-state index contributed by atoms with van der Waals surface area (Å²) in [5, 5.41) is 18.3. The summed E-state index contributed by atoms with van der Waals surface area (Å²) in [7, 11) is 0. The summed E-state index contributed by atoms with van der Waals surface area (Å²) >= 11 is 7.61. The molecule has 0 spiro atoms. The van der Waals surface area contributed by atoms with Gasteiger partial charge >= 0.3 is 5.97 Å². The molecule has 0 aliphatic carbocycles. The van der Waals surface area contributed by atoms with Gasteiger partial charge in [0.05, 0.1) is 23.7 Å². The zero-order valence-corrected chi connectivity index (χ0v) is 20.0. The number of aromatic nitrogens is 1. The number of carbonyl (C=O) groups excluding carboxylic acids is 1. The zero-order chi connectivity index (χ0) is 24.5. The molecule has 2 N–H and O–H groups in total. The summed E-state index contributed by atoms with van der Waals surface area (Å²) in [5.41, 5.74) is 2.76. The minimum absolute atomic E-state index is 0.174. The van der Waals surface area contributed by atoms with Crippen LogP contribution in [0, 0.1) is 0 Å². The second-order valence-corrected chi connectivity index (χ2v) is 9.59. The van der Waals surface area contributed by atoms with E-state index >= 15 is 0 Å². The molecule has 176 valence electrons. The van der Waals surface area contributed by atoms with Crippen LogP contribution in [0.4, 0.5) is 0 Å². The Labute approximate surface area is 209 Å². The van der Waals surface area contributed by atoms with Crippen molar-refractivity contribution in [1.82, 2.24) is 9.99 Å². The fraction of sp³-hybridized carbons (Fsp3) is 0.154. The van der Waals surface area contributed by atoms with Gasteiger partial charge in [0.2, 0.25) is 5.91 Å². The number of hydrogen-bond acceptors (Lipinski definition) is 5. The van der Waals surface area contributed by atoms with Gasteiger partial charge in [-0.15, -0.1) is 11.3 Å². The van der Waals surface area contributed by atoms with Crippen molar-refractivity contribution in [3.8, 4) is 11.1 Å². The van der Waals surface area contributed by atoms with Crippen molar-refractivity contribution in [2.75, 3.05) is 0 Å². The molecule has 0 radical (unpaired) electrons. The predicted molar refractivity (Wildman–Crippen MR) is 137 cm³/mol. The maximum Gasteiger partial charge on any atom is 0.303 e. The highest BCUT2D eigenvalue weighted by Crippen LogP contribution is 2.38. The van der Waals surface area contributed by atoms with Gasteiger partial charge in [0, 0.05) is 39.2 Å². The van der Waals surface area contributed by atoms with Crippen molar-refractivity contribution in [2.24, 2.45) is 5.10 Å². The van der Waals surface area contributed by atoms with E-state index in [2.05, 4.69) is 10.1 Å². The van der Waals surface area contributed by atoms with E-state index in [0.717, 1.165) is 15.8 Å². The lowest BCUT2D eigenvalue weighted by atomic mass is 9.92. The fourth-order valence-electron chi connectivity index (χ4n) is 4.36. The Hall–Kier alpha value is -3.75. The summed E-state index contributed by atoms with van der Waals surface area (Å²) in [6.07, 6.45) is -0.128. The van der Waals surface area contributed by atoms with Gasteiger partial charge in [-0.1, -0.05) is 48.0 Å². The summed E-state index contributed by atoms with van der Waals surface area (Å²) in [6.45, 7) is 0. The molecule has 0 unspecified atom stereocenters. The number of hydrazone groups is 1. The number of carbonyl (C=O) groups is 2. The molecule has 1 amide bonds. The van der Waals surface area contributed by atoms with E-state index in [4.69, 9.17) is 16.7 Å². The van der Waals surface area contributed by atoms with Crippen LogP contribution in [0.15, 0.2) is 75.9 Å². The Morgan fingerprint density at radius 2 is 1.83 bits per heavy atom. The van der Waals surface area contributed by atoms with E-state index in [1.807, 2.05) is 53.9 Å². The number of halogens is 1. The number of nitrogens with zero attached hydrogens (tertiary/aromatic N) is 2. The third-order valence-electron chi connectivity index (χ3n) is 5.93. The molecule has 7 nitrogen and oxygen atoms in total. The molecular weight excluding hydrogens is 486 g/mol. The highest BCUT2D eigenvalue weighted by molar-refractivity contribution is 7.10. The number of carboxylic acid groups (broad SMARTS) is 1. The van der Waals surface area contributed by atoms with Crippen molar-refractivity contribution < 1.29 is 14.7 Å². The van der Waals surface area contributed by atoms with E-state index in [1.165, 1.54) is 16.3 Å². The molecule has 1 aliphatic heterocycles. The normalized spacial score (nSPS) is 15.4. The molecule has 35 heavy (non-hydrogen) atoms. The van der Waals surface area contributed by atoms with Crippen LogP contribution in [0.2, 0.25) is 5.02 Å². The predicted octanol–water partition coefficient (Wildman–Crippen LogP) is 5.45. The van der Waals surface area contributed by atoms with Crippen molar-refractivity contribution >= 4 is 51.4 Å². The number of thiophene rings is 1. The highest BCUT2D eigenvalue weighted by Gasteiger charge is 2.35. The van der Waals surface area contributed by atoms with E-state index in [0.29, 0.717) is 33.8 Å². The maximum atomic E-state index is 13.4.